The van der Waals surface area contributed by atoms with Crippen LogP contribution in [-0.2, 0) is 4.79 Å². The van der Waals surface area contributed by atoms with Crippen molar-refractivity contribution in [1.29, 1.82) is 5.26 Å². The quantitative estimate of drug-likeness (QED) is 0.627. The monoisotopic (exact) mass is 167 g/mol. The molecule has 1 atom stereocenters. The molecule has 2 N–H and O–H groups in total. The molecule has 4 nitrogen and oxygen atoms in total. The minimum absolute atomic E-state index is 0.151. The zero-order valence-electron chi connectivity index (χ0n) is 6.99. The molecular formula is C8H13N3O. The van der Waals surface area contributed by atoms with E-state index in [1.54, 1.807) is 0 Å². The number of amides is 1. The summed E-state index contributed by atoms with van der Waals surface area (Å²) < 4.78 is 0. The van der Waals surface area contributed by atoms with Gasteiger partial charge in [-0.25, -0.2) is 0 Å². The molecule has 0 bridgehead atoms. The summed E-state index contributed by atoms with van der Waals surface area (Å²) in [4.78, 5) is 12.5. The first-order valence-corrected chi connectivity index (χ1v) is 4.12. The highest BCUT2D eigenvalue weighted by Gasteiger charge is 2.21. The van der Waals surface area contributed by atoms with Crippen LogP contribution in [0.3, 0.4) is 0 Å². The number of nitrogens with two attached hydrogens (primary N) is 1. The van der Waals surface area contributed by atoms with E-state index in [4.69, 9.17) is 11.0 Å². The van der Waals surface area contributed by atoms with Crippen molar-refractivity contribution in [1.82, 2.24) is 4.90 Å². The number of carbonyl (C=O) groups is 1. The fraction of sp³-hybridized carbons (Fsp3) is 0.750. The van der Waals surface area contributed by atoms with Gasteiger partial charge in [-0.05, 0) is 13.0 Å². The van der Waals surface area contributed by atoms with E-state index >= 15 is 0 Å². The number of hydrogen-bond donors (Lipinski definition) is 1. The number of nitrogens with zero attached hydrogens (tertiary/aromatic N) is 2. The molecule has 1 saturated heterocycles. The molecule has 1 aliphatic heterocycles. The summed E-state index contributed by atoms with van der Waals surface area (Å²) in [7, 11) is 0. The van der Waals surface area contributed by atoms with Gasteiger partial charge in [0.15, 0.2) is 0 Å². The highest BCUT2D eigenvalue weighted by molar-refractivity contribution is 5.73. The standard InChI is InChI=1S/C8H13N3O/c9-5-7-1-3-11(6-7)4-2-8(10)12/h7H,1-4,6H2,(H2,10,12)/t7-/m0/s1. The Bertz CT molecular complexity index is 209. The number of hydrogen-bond acceptors (Lipinski definition) is 3. The topological polar surface area (TPSA) is 70.1 Å². The Balaban J connectivity index is 2.20. The molecule has 0 aromatic heterocycles. The smallest absolute Gasteiger partial charge is 0.218 e. The zero-order chi connectivity index (χ0) is 8.97. The fourth-order valence-electron chi connectivity index (χ4n) is 1.41. The molecule has 0 radical (unpaired) electrons. The van der Waals surface area contributed by atoms with E-state index < -0.39 is 0 Å². The van der Waals surface area contributed by atoms with E-state index in [2.05, 4.69) is 11.0 Å². The van der Waals surface area contributed by atoms with Crippen LogP contribution in [0.1, 0.15) is 12.8 Å². The predicted molar refractivity (Wildman–Crippen MR) is 44.0 cm³/mol. The van der Waals surface area contributed by atoms with Gasteiger partial charge in [0.2, 0.25) is 5.91 Å². The van der Waals surface area contributed by atoms with E-state index in [1.165, 1.54) is 0 Å². The Labute approximate surface area is 71.9 Å². The van der Waals surface area contributed by atoms with Crippen LogP contribution in [0.25, 0.3) is 0 Å². The fourth-order valence-corrected chi connectivity index (χ4v) is 1.41. The van der Waals surface area contributed by atoms with Crippen molar-refractivity contribution in [3.05, 3.63) is 0 Å². The number of carbonyl (C=O) groups excluding carboxylic acids is 1. The summed E-state index contributed by atoms with van der Waals surface area (Å²) >= 11 is 0. The van der Waals surface area contributed by atoms with Gasteiger partial charge in [0, 0.05) is 19.5 Å². The number of primary amides is 1. The summed E-state index contributed by atoms with van der Waals surface area (Å²) in [5.41, 5.74) is 5.01. The van der Waals surface area contributed by atoms with Gasteiger partial charge < -0.3 is 10.6 Å². The average molecular weight is 167 g/mol. The summed E-state index contributed by atoms with van der Waals surface area (Å²) in [6.45, 7) is 2.42. The minimum atomic E-state index is -0.268. The van der Waals surface area contributed by atoms with Crippen LogP contribution in [0.5, 0.6) is 0 Å². The lowest BCUT2D eigenvalue weighted by molar-refractivity contribution is -0.118. The van der Waals surface area contributed by atoms with Crippen LogP contribution in [0.15, 0.2) is 0 Å². The summed E-state index contributed by atoms with van der Waals surface area (Å²) in [6, 6.07) is 2.22. The molecule has 1 heterocycles. The van der Waals surface area contributed by atoms with Gasteiger partial charge in [0.05, 0.1) is 12.0 Å². The van der Waals surface area contributed by atoms with Gasteiger partial charge in [-0.1, -0.05) is 0 Å². The van der Waals surface area contributed by atoms with Crippen molar-refractivity contribution in [2.45, 2.75) is 12.8 Å². The molecule has 0 saturated carbocycles. The lowest BCUT2D eigenvalue weighted by Crippen LogP contribution is -2.26. The highest BCUT2D eigenvalue weighted by atomic mass is 16.1. The van der Waals surface area contributed by atoms with E-state index in [0.717, 1.165) is 19.5 Å². The van der Waals surface area contributed by atoms with Crippen molar-refractivity contribution in [2.75, 3.05) is 19.6 Å². The molecular weight excluding hydrogens is 154 g/mol. The number of rotatable bonds is 3. The first kappa shape index (κ1) is 9.01. The second kappa shape index (κ2) is 4.07. The molecule has 0 aliphatic carbocycles. The van der Waals surface area contributed by atoms with Gasteiger partial charge >= 0.3 is 0 Å². The summed E-state index contributed by atoms with van der Waals surface area (Å²) in [6.07, 6.45) is 1.33. The summed E-state index contributed by atoms with van der Waals surface area (Å²) in [5, 5.41) is 8.59. The molecule has 12 heavy (non-hydrogen) atoms. The molecule has 1 aliphatic rings. The van der Waals surface area contributed by atoms with Crippen LogP contribution < -0.4 is 5.73 Å². The van der Waals surface area contributed by atoms with Gasteiger partial charge in [-0.15, -0.1) is 0 Å². The van der Waals surface area contributed by atoms with Gasteiger partial charge in [0.25, 0.3) is 0 Å². The van der Waals surface area contributed by atoms with Crippen LogP contribution >= 0.6 is 0 Å². The Kier molecular flexibility index (Phi) is 3.06. The third-order valence-electron chi connectivity index (χ3n) is 2.13. The predicted octanol–water partition coefficient (Wildman–Crippen LogP) is -0.293. The molecule has 0 aromatic rings. The van der Waals surface area contributed by atoms with Crippen LogP contribution in [0.4, 0.5) is 0 Å². The third-order valence-corrected chi connectivity index (χ3v) is 2.13. The minimum Gasteiger partial charge on any atom is -0.370 e. The second-order valence-corrected chi connectivity index (χ2v) is 3.13. The molecule has 0 unspecified atom stereocenters. The Morgan fingerprint density at radius 3 is 3.00 bits per heavy atom. The Hall–Kier alpha value is -1.08. The van der Waals surface area contributed by atoms with E-state index in [0.29, 0.717) is 13.0 Å². The third kappa shape index (κ3) is 2.51. The largest absolute Gasteiger partial charge is 0.370 e. The number of likely N-dealkylation sites (tertiary alicyclic amines) is 1. The van der Waals surface area contributed by atoms with Gasteiger partial charge in [-0.2, -0.15) is 5.26 Å². The van der Waals surface area contributed by atoms with Crippen molar-refractivity contribution < 1.29 is 4.79 Å². The van der Waals surface area contributed by atoms with E-state index in [1.807, 2.05) is 0 Å². The van der Waals surface area contributed by atoms with Gasteiger partial charge in [0.1, 0.15) is 0 Å². The molecule has 1 fully saturated rings. The lowest BCUT2D eigenvalue weighted by atomic mass is 10.1. The van der Waals surface area contributed by atoms with E-state index in [9.17, 15) is 4.79 Å². The van der Waals surface area contributed by atoms with E-state index in [-0.39, 0.29) is 11.8 Å². The molecule has 0 spiro atoms. The van der Waals surface area contributed by atoms with Crippen LogP contribution in [0, 0.1) is 17.2 Å². The zero-order valence-corrected chi connectivity index (χ0v) is 6.99. The number of nitriles is 1. The van der Waals surface area contributed by atoms with Crippen molar-refractivity contribution in [3.8, 4) is 6.07 Å². The first-order valence-electron chi connectivity index (χ1n) is 4.12. The Morgan fingerprint density at radius 2 is 2.50 bits per heavy atom. The van der Waals surface area contributed by atoms with Crippen LogP contribution in [0.2, 0.25) is 0 Å². The first-order chi connectivity index (χ1) is 5.72. The Morgan fingerprint density at radius 1 is 1.75 bits per heavy atom. The SMILES string of the molecule is N#C[C@@H]1CCN(CCC(N)=O)C1. The second-order valence-electron chi connectivity index (χ2n) is 3.13. The van der Waals surface area contributed by atoms with Crippen molar-refractivity contribution in [3.63, 3.8) is 0 Å². The summed E-state index contributed by atoms with van der Waals surface area (Å²) in [5.74, 6) is -0.117. The normalized spacial score (nSPS) is 23.8. The molecule has 1 amide bonds. The van der Waals surface area contributed by atoms with Gasteiger partial charge in [-0.3, -0.25) is 4.79 Å². The molecule has 1 rings (SSSR count). The maximum Gasteiger partial charge on any atom is 0.218 e. The van der Waals surface area contributed by atoms with Crippen molar-refractivity contribution >= 4 is 5.91 Å². The molecule has 4 heteroatoms. The van der Waals surface area contributed by atoms with Crippen molar-refractivity contribution in [2.24, 2.45) is 11.7 Å². The lowest BCUT2D eigenvalue weighted by Gasteiger charge is -2.12. The average Bonchev–Trinajstić information content (AvgIpc) is 2.48. The molecule has 66 valence electrons. The maximum absolute atomic E-state index is 10.4. The molecule has 0 aromatic carbocycles. The highest BCUT2D eigenvalue weighted by Crippen LogP contribution is 2.14. The van der Waals surface area contributed by atoms with Crippen LogP contribution in [-0.4, -0.2) is 30.4 Å². The maximum atomic E-state index is 10.4.